The molecule has 0 heterocycles. The standard InChI is InChI=1S/C60H96O6/c1-4-7-10-13-16-19-22-25-27-29-30-32-33-35-38-41-44-47-50-53-59(62)65-56-57(55-64-58(61)52-49-46-43-40-37-24-21-18-15-12-9-6-3)66-60(63)54-51-48-45-42-39-36-34-31-28-26-23-20-17-14-11-8-5-2/h7,9-10,12,16-21,25-28,30,32,35,37-38,40,57H,4-6,8,11,13-15,22-24,29,31,33-34,36,39,41-56H2,1-3H3/b10-7-,12-9-,19-16-,20-17-,21-18-,27-25-,28-26-,32-30-,38-35-,40-37-. The molecule has 0 saturated heterocycles. The second-order valence-electron chi connectivity index (χ2n) is 17.0. The second-order valence-corrected chi connectivity index (χ2v) is 17.0. The van der Waals surface area contributed by atoms with Crippen LogP contribution in [0.5, 0.6) is 0 Å². The third-order valence-electron chi connectivity index (χ3n) is 10.7. The minimum Gasteiger partial charge on any atom is -0.462 e. The summed E-state index contributed by atoms with van der Waals surface area (Å²) in [6.07, 6.45) is 73.3. The number of carbonyl (C=O) groups is 3. The highest BCUT2D eigenvalue weighted by Crippen LogP contribution is 2.13. The Morgan fingerprint density at radius 2 is 0.591 bits per heavy atom. The SMILES string of the molecule is CC/C=C\C/C=C\C/C=C\C/C=C\C/C=C\CCCCCC(=O)OCC(COC(=O)CCCC/C=C\C/C=C\C/C=C\CC)OC(=O)CCCCCCCCC/C=C\C/C=C\CCCCC. The van der Waals surface area contributed by atoms with E-state index in [4.69, 9.17) is 14.2 Å². The molecule has 1 unspecified atom stereocenters. The van der Waals surface area contributed by atoms with Gasteiger partial charge in [-0.1, -0.05) is 194 Å². The van der Waals surface area contributed by atoms with Gasteiger partial charge >= 0.3 is 17.9 Å². The highest BCUT2D eigenvalue weighted by molar-refractivity contribution is 5.71. The highest BCUT2D eigenvalue weighted by Gasteiger charge is 2.19. The van der Waals surface area contributed by atoms with Crippen LogP contribution in [0.3, 0.4) is 0 Å². The van der Waals surface area contributed by atoms with E-state index in [1.54, 1.807) is 0 Å². The van der Waals surface area contributed by atoms with Crippen LogP contribution in [0.15, 0.2) is 122 Å². The highest BCUT2D eigenvalue weighted by atomic mass is 16.6. The molecule has 0 radical (unpaired) electrons. The molecule has 0 spiro atoms. The van der Waals surface area contributed by atoms with Crippen molar-refractivity contribution < 1.29 is 28.6 Å². The maximum absolute atomic E-state index is 12.8. The Bertz CT molecular complexity index is 1420. The number of esters is 3. The van der Waals surface area contributed by atoms with Crippen LogP contribution in [-0.4, -0.2) is 37.2 Å². The maximum atomic E-state index is 12.8. The van der Waals surface area contributed by atoms with Crippen molar-refractivity contribution in [3.8, 4) is 0 Å². The minimum absolute atomic E-state index is 0.114. The summed E-state index contributed by atoms with van der Waals surface area (Å²) < 4.78 is 16.7. The predicted molar refractivity (Wildman–Crippen MR) is 283 cm³/mol. The largest absolute Gasteiger partial charge is 0.462 e. The van der Waals surface area contributed by atoms with Crippen LogP contribution >= 0.6 is 0 Å². The predicted octanol–water partition coefficient (Wildman–Crippen LogP) is 17.7. The lowest BCUT2D eigenvalue weighted by atomic mass is 10.1. The molecule has 0 aliphatic rings. The summed E-state index contributed by atoms with van der Waals surface area (Å²) in [4.78, 5) is 38.0. The van der Waals surface area contributed by atoms with Gasteiger partial charge in [-0.15, -0.1) is 0 Å². The molecular weight excluding hydrogens is 817 g/mol. The van der Waals surface area contributed by atoms with Gasteiger partial charge in [0.1, 0.15) is 13.2 Å². The monoisotopic (exact) mass is 913 g/mol. The lowest BCUT2D eigenvalue weighted by Crippen LogP contribution is -2.30. The Morgan fingerprint density at radius 3 is 0.970 bits per heavy atom. The van der Waals surface area contributed by atoms with Gasteiger partial charge in [0.05, 0.1) is 0 Å². The Morgan fingerprint density at radius 1 is 0.318 bits per heavy atom. The summed E-state index contributed by atoms with van der Waals surface area (Å²) in [6, 6.07) is 0. The van der Waals surface area contributed by atoms with Gasteiger partial charge < -0.3 is 14.2 Å². The molecule has 0 aromatic carbocycles. The molecule has 6 heteroatoms. The van der Waals surface area contributed by atoms with Gasteiger partial charge in [0.25, 0.3) is 0 Å². The van der Waals surface area contributed by atoms with Crippen LogP contribution < -0.4 is 0 Å². The number of hydrogen-bond acceptors (Lipinski definition) is 6. The average Bonchev–Trinajstić information content (AvgIpc) is 3.31. The molecule has 0 aromatic heterocycles. The first-order valence-corrected chi connectivity index (χ1v) is 26.5. The minimum atomic E-state index is -0.815. The van der Waals surface area contributed by atoms with E-state index < -0.39 is 6.10 Å². The Hall–Kier alpha value is -4.19. The lowest BCUT2D eigenvalue weighted by Gasteiger charge is -2.18. The van der Waals surface area contributed by atoms with Gasteiger partial charge in [-0.3, -0.25) is 14.4 Å². The Labute approximate surface area is 405 Å². The molecule has 6 nitrogen and oxygen atoms in total. The molecule has 0 rings (SSSR count). The molecule has 0 N–H and O–H groups in total. The van der Waals surface area contributed by atoms with Crippen LogP contribution in [0.25, 0.3) is 0 Å². The summed E-state index contributed by atoms with van der Waals surface area (Å²) in [5, 5.41) is 0. The second kappa shape index (κ2) is 53.4. The van der Waals surface area contributed by atoms with Crippen molar-refractivity contribution in [1.29, 1.82) is 0 Å². The zero-order chi connectivity index (χ0) is 47.9. The molecule has 0 amide bonds. The molecule has 1 atom stereocenters. The lowest BCUT2D eigenvalue weighted by molar-refractivity contribution is -0.167. The number of rotatable bonds is 46. The summed E-state index contributed by atoms with van der Waals surface area (Å²) in [7, 11) is 0. The van der Waals surface area contributed by atoms with E-state index in [-0.39, 0.29) is 31.1 Å². The fraction of sp³-hybridized carbons (Fsp3) is 0.617. The first-order chi connectivity index (χ1) is 32.5. The van der Waals surface area contributed by atoms with Gasteiger partial charge in [0.2, 0.25) is 0 Å². The summed E-state index contributed by atoms with van der Waals surface area (Å²) >= 11 is 0. The van der Waals surface area contributed by atoms with E-state index in [9.17, 15) is 14.4 Å². The molecule has 372 valence electrons. The summed E-state index contributed by atoms with van der Waals surface area (Å²) in [5.41, 5.74) is 0. The van der Waals surface area contributed by atoms with E-state index in [2.05, 4.69) is 142 Å². The Kier molecular flexibility index (Phi) is 50.0. The van der Waals surface area contributed by atoms with Crippen molar-refractivity contribution >= 4 is 17.9 Å². The molecule has 0 fully saturated rings. The summed E-state index contributed by atoms with van der Waals surface area (Å²) in [6.45, 7) is 6.30. The van der Waals surface area contributed by atoms with Crippen LogP contribution in [0.2, 0.25) is 0 Å². The van der Waals surface area contributed by atoms with Crippen LogP contribution in [0, 0.1) is 0 Å². The normalized spacial score (nSPS) is 13.1. The average molecular weight is 913 g/mol. The number of carbonyl (C=O) groups excluding carboxylic acids is 3. The van der Waals surface area contributed by atoms with Gasteiger partial charge in [0.15, 0.2) is 6.10 Å². The molecule has 0 aliphatic carbocycles. The number of unbranched alkanes of at least 4 members (excludes halogenated alkanes) is 15. The topological polar surface area (TPSA) is 78.9 Å². The van der Waals surface area contributed by atoms with Gasteiger partial charge in [-0.25, -0.2) is 0 Å². The van der Waals surface area contributed by atoms with Crippen molar-refractivity contribution in [3.05, 3.63) is 122 Å². The van der Waals surface area contributed by atoms with Crippen LogP contribution in [0.1, 0.15) is 220 Å². The van der Waals surface area contributed by atoms with Crippen molar-refractivity contribution in [2.75, 3.05) is 13.2 Å². The fourth-order valence-corrected chi connectivity index (χ4v) is 6.75. The third-order valence-corrected chi connectivity index (χ3v) is 10.7. The molecular formula is C60H96O6. The molecule has 66 heavy (non-hydrogen) atoms. The van der Waals surface area contributed by atoms with Gasteiger partial charge in [0, 0.05) is 19.3 Å². The van der Waals surface area contributed by atoms with E-state index in [1.807, 2.05) is 0 Å². The smallest absolute Gasteiger partial charge is 0.306 e. The van der Waals surface area contributed by atoms with Crippen molar-refractivity contribution in [2.24, 2.45) is 0 Å². The maximum Gasteiger partial charge on any atom is 0.306 e. The first kappa shape index (κ1) is 61.8. The molecule has 0 saturated carbocycles. The van der Waals surface area contributed by atoms with Crippen LogP contribution in [0.4, 0.5) is 0 Å². The number of allylic oxidation sites excluding steroid dienone is 20. The van der Waals surface area contributed by atoms with E-state index in [1.165, 1.54) is 51.4 Å². The van der Waals surface area contributed by atoms with Gasteiger partial charge in [-0.05, 0) is 128 Å². The van der Waals surface area contributed by atoms with Gasteiger partial charge in [-0.2, -0.15) is 0 Å². The molecule has 0 aliphatic heterocycles. The number of ether oxygens (including phenoxy) is 3. The van der Waals surface area contributed by atoms with Crippen molar-refractivity contribution in [1.82, 2.24) is 0 Å². The first-order valence-electron chi connectivity index (χ1n) is 26.5. The zero-order valence-corrected chi connectivity index (χ0v) is 42.4. The van der Waals surface area contributed by atoms with Crippen molar-refractivity contribution in [2.45, 2.75) is 226 Å². The zero-order valence-electron chi connectivity index (χ0n) is 42.4. The summed E-state index contributed by atoms with van der Waals surface area (Å²) in [5.74, 6) is -0.998. The third kappa shape index (κ3) is 50.8. The van der Waals surface area contributed by atoms with E-state index in [0.717, 1.165) is 128 Å². The van der Waals surface area contributed by atoms with Crippen molar-refractivity contribution in [3.63, 3.8) is 0 Å². The van der Waals surface area contributed by atoms with E-state index >= 15 is 0 Å². The molecule has 0 bridgehead atoms. The quantitative estimate of drug-likeness (QED) is 0.0262. The van der Waals surface area contributed by atoms with E-state index in [0.29, 0.717) is 19.3 Å². The van der Waals surface area contributed by atoms with Crippen LogP contribution in [-0.2, 0) is 28.6 Å². The Balaban J connectivity index is 4.50. The fourth-order valence-electron chi connectivity index (χ4n) is 6.75. The molecule has 0 aromatic rings. The number of hydrogen-bond donors (Lipinski definition) is 0.